The average Bonchev–Trinajstić information content (AvgIpc) is 3.33. The summed E-state index contributed by atoms with van der Waals surface area (Å²) in [6.07, 6.45) is 6.62. The zero-order chi connectivity index (χ0) is 25.5. The standard InChI is InChI=1S/C26H17Cl3N4O2S/c1-2-11-35-24-21(28)12-16(13-22(24)29)14-30-33-25(34)18-5-3-17(4-6-18)23-15-36-26(32-23)31-20-9-7-19(27)8-10-20/h1,3-10,12-15H,11H2,(H,31,32)(H,33,34)/b30-14-. The van der Waals surface area contributed by atoms with E-state index >= 15 is 0 Å². The number of halogens is 3. The molecule has 0 atom stereocenters. The van der Waals surface area contributed by atoms with Gasteiger partial charge < -0.3 is 10.1 Å². The molecule has 1 heterocycles. The molecule has 4 rings (SSSR count). The number of hydrogen-bond donors (Lipinski definition) is 2. The Morgan fingerprint density at radius 1 is 1.08 bits per heavy atom. The summed E-state index contributed by atoms with van der Waals surface area (Å²) in [7, 11) is 0. The summed E-state index contributed by atoms with van der Waals surface area (Å²) in [5.41, 5.74) is 6.08. The number of ether oxygens (including phenoxy) is 1. The molecule has 1 amide bonds. The molecule has 36 heavy (non-hydrogen) atoms. The normalized spacial score (nSPS) is 10.7. The van der Waals surface area contributed by atoms with Crippen LogP contribution in [0.2, 0.25) is 15.1 Å². The Morgan fingerprint density at radius 3 is 2.44 bits per heavy atom. The zero-order valence-corrected chi connectivity index (χ0v) is 21.6. The lowest BCUT2D eigenvalue weighted by molar-refractivity contribution is 0.0955. The second-order valence-electron chi connectivity index (χ2n) is 7.25. The number of carbonyl (C=O) groups excluding carboxylic acids is 1. The van der Waals surface area contributed by atoms with E-state index in [9.17, 15) is 4.79 Å². The van der Waals surface area contributed by atoms with Crippen molar-refractivity contribution < 1.29 is 9.53 Å². The van der Waals surface area contributed by atoms with E-state index in [1.54, 1.807) is 24.3 Å². The van der Waals surface area contributed by atoms with E-state index in [1.807, 2.05) is 41.8 Å². The number of hydrazone groups is 1. The highest BCUT2D eigenvalue weighted by molar-refractivity contribution is 7.14. The van der Waals surface area contributed by atoms with Gasteiger partial charge in [-0.25, -0.2) is 10.4 Å². The van der Waals surface area contributed by atoms with E-state index in [-0.39, 0.29) is 22.6 Å². The van der Waals surface area contributed by atoms with Crippen LogP contribution in [0.15, 0.2) is 71.1 Å². The van der Waals surface area contributed by atoms with Crippen LogP contribution >= 0.6 is 46.1 Å². The predicted octanol–water partition coefficient (Wildman–Crippen LogP) is 7.29. The first-order valence-corrected chi connectivity index (χ1v) is 12.4. The van der Waals surface area contributed by atoms with Crippen LogP contribution < -0.4 is 15.5 Å². The topological polar surface area (TPSA) is 75.6 Å². The number of rotatable bonds is 8. The van der Waals surface area contributed by atoms with Crippen molar-refractivity contribution in [2.45, 2.75) is 0 Å². The quantitative estimate of drug-likeness (QED) is 0.136. The molecule has 0 aliphatic carbocycles. The highest BCUT2D eigenvalue weighted by Crippen LogP contribution is 2.34. The Bertz CT molecular complexity index is 1420. The third-order valence-corrected chi connectivity index (χ3v) is 6.31. The summed E-state index contributed by atoms with van der Waals surface area (Å²) in [6, 6.07) is 17.7. The molecular weight excluding hydrogens is 539 g/mol. The van der Waals surface area contributed by atoms with Crippen molar-refractivity contribution in [2.24, 2.45) is 5.10 Å². The lowest BCUT2D eigenvalue weighted by atomic mass is 10.1. The number of aromatic nitrogens is 1. The van der Waals surface area contributed by atoms with E-state index in [0.717, 1.165) is 22.1 Å². The number of amides is 1. The number of terminal acetylenes is 1. The van der Waals surface area contributed by atoms with E-state index in [0.29, 0.717) is 21.9 Å². The Labute approximate surface area is 226 Å². The molecule has 1 aromatic heterocycles. The Balaban J connectivity index is 1.36. The molecule has 3 aromatic carbocycles. The average molecular weight is 556 g/mol. The van der Waals surface area contributed by atoms with Crippen molar-refractivity contribution in [1.82, 2.24) is 10.4 Å². The molecule has 0 fully saturated rings. The molecule has 0 bridgehead atoms. The van der Waals surface area contributed by atoms with Crippen molar-refractivity contribution in [3.8, 4) is 29.4 Å². The van der Waals surface area contributed by atoms with Crippen molar-refractivity contribution in [1.29, 1.82) is 0 Å². The number of nitrogens with zero attached hydrogens (tertiary/aromatic N) is 2. The summed E-state index contributed by atoms with van der Waals surface area (Å²) in [5.74, 6) is 2.28. The molecule has 6 nitrogen and oxygen atoms in total. The number of benzene rings is 3. The van der Waals surface area contributed by atoms with Crippen LogP contribution in [0.4, 0.5) is 10.8 Å². The summed E-state index contributed by atoms with van der Waals surface area (Å²) < 4.78 is 5.32. The first kappa shape index (κ1) is 25.5. The molecule has 0 unspecified atom stereocenters. The Morgan fingerprint density at radius 2 is 1.78 bits per heavy atom. The summed E-state index contributed by atoms with van der Waals surface area (Å²) in [6.45, 7) is 0.0473. The largest absolute Gasteiger partial charge is 0.478 e. The van der Waals surface area contributed by atoms with Crippen LogP contribution in [-0.2, 0) is 0 Å². The highest BCUT2D eigenvalue weighted by atomic mass is 35.5. The molecule has 10 heteroatoms. The summed E-state index contributed by atoms with van der Waals surface area (Å²) >= 11 is 19.8. The highest BCUT2D eigenvalue weighted by Gasteiger charge is 2.10. The van der Waals surface area contributed by atoms with Crippen LogP contribution in [-0.4, -0.2) is 23.7 Å². The maximum atomic E-state index is 12.5. The minimum Gasteiger partial charge on any atom is -0.478 e. The molecular formula is C26H17Cl3N4O2S. The van der Waals surface area contributed by atoms with Gasteiger partial charge in [-0.2, -0.15) is 5.10 Å². The second kappa shape index (κ2) is 11.9. The zero-order valence-electron chi connectivity index (χ0n) is 18.5. The van der Waals surface area contributed by atoms with Gasteiger partial charge >= 0.3 is 0 Å². The lowest BCUT2D eigenvalue weighted by Gasteiger charge is -2.08. The predicted molar refractivity (Wildman–Crippen MR) is 148 cm³/mol. The molecule has 180 valence electrons. The van der Waals surface area contributed by atoms with Gasteiger partial charge in [0.05, 0.1) is 22.0 Å². The fraction of sp³-hybridized carbons (Fsp3) is 0.0385. The van der Waals surface area contributed by atoms with Gasteiger partial charge in [0.25, 0.3) is 5.91 Å². The lowest BCUT2D eigenvalue weighted by Crippen LogP contribution is -2.17. The van der Waals surface area contributed by atoms with Gasteiger partial charge in [0, 0.05) is 27.2 Å². The summed E-state index contributed by atoms with van der Waals surface area (Å²) in [5, 5.41) is 11.2. The second-order valence-corrected chi connectivity index (χ2v) is 9.36. The molecule has 0 radical (unpaired) electrons. The van der Waals surface area contributed by atoms with E-state index < -0.39 is 0 Å². The third kappa shape index (κ3) is 6.56. The van der Waals surface area contributed by atoms with Crippen LogP contribution in [0.25, 0.3) is 11.3 Å². The number of nitrogens with one attached hydrogen (secondary N) is 2. The number of carbonyl (C=O) groups is 1. The van der Waals surface area contributed by atoms with E-state index in [2.05, 4.69) is 26.7 Å². The Kier molecular flexibility index (Phi) is 8.47. The smallest absolute Gasteiger partial charge is 0.271 e. The minimum atomic E-state index is -0.368. The van der Waals surface area contributed by atoms with Gasteiger partial charge in [-0.05, 0) is 54.1 Å². The van der Waals surface area contributed by atoms with Crippen LogP contribution in [0.1, 0.15) is 15.9 Å². The molecule has 0 aliphatic heterocycles. The van der Waals surface area contributed by atoms with Crippen LogP contribution in [0.5, 0.6) is 5.75 Å². The van der Waals surface area contributed by atoms with Crippen LogP contribution in [0.3, 0.4) is 0 Å². The maximum Gasteiger partial charge on any atom is 0.271 e. The number of thiazole rings is 1. The van der Waals surface area contributed by atoms with Crippen molar-refractivity contribution >= 4 is 69.1 Å². The summed E-state index contributed by atoms with van der Waals surface area (Å²) in [4.78, 5) is 17.1. The molecule has 0 aliphatic rings. The Hall–Kier alpha value is -3.54. The first-order valence-electron chi connectivity index (χ1n) is 10.4. The van der Waals surface area contributed by atoms with Crippen molar-refractivity contribution in [3.05, 3.63) is 92.2 Å². The van der Waals surface area contributed by atoms with E-state index in [4.69, 9.17) is 46.0 Å². The van der Waals surface area contributed by atoms with Gasteiger partial charge in [0.2, 0.25) is 0 Å². The fourth-order valence-corrected chi connectivity index (χ4v) is 4.53. The molecule has 0 spiro atoms. The third-order valence-electron chi connectivity index (χ3n) is 4.74. The van der Waals surface area contributed by atoms with Gasteiger partial charge in [0.1, 0.15) is 6.61 Å². The van der Waals surface area contributed by atoms with E-state index in [1.165, 1.54) is 17.6 Å². The monoisotopic (exact) mass is 554 g/mol. The molecule has 4 aromatic rings. The van der Waals surface area contributed by atoms with Gasteiger partial charge in [0.15, 0.2) is 10.9 Å². The molecule has 2 N–H and O–H groups in total. The van der Waals surface area contributed by atoms with Gasteiger partial charge in [-0.3, -0.25) is 4.79 Å². The van der Waals surface area contributed by atoms with Gasteiger partial charge in [-0.15, -0.1) is 17.8 Å². The number of hydrogen-bond acceptors (Lipinski definition) is 6. The van der Waals surface area contributed by atoms with Crippen molar-refractivity contribution in [2.75, 3.05) is 11.9 Å². The van der Waals surface area contributed by atoms with Crippen LogP contribution in [0, 0.1) is 12.3 Å². The fourth-order valence-electron chi connectivity index (χ4n) is 3.05. The molecule has 0 saturated carbocycles. The SMILES string of the molecule is C#CCOc1c(Cl)cc(/C=N\NC(=O)c2ccc(-c3csc(Nc4ccc(Cl)cc4)n3)cc2)cc1Cl. The maximum absolute atomic E-state index is 12.5. The number of anilines is 2. The van der Waals surface area contributed by atoms with Crippen molar-refractivity contribution in [3.63, 3.8) is 0 Å². The minimum absolute atomic E-state index is 0.0473. The first-order chi connectivity index (χ1) is 17.4. The molecule has 0 saturated heterocycles. The van der Waals surface area contributed by atoms with Gasteiger partial charge in [-0.1, -0.05) is 52.9 Å².